The Kier molecular flexibility index (Phi) is 3.87. The smallest absolute Gasteiger partial charge is 0.0526 e. The van der Waals surface area contributed by atoms with Crippen molar-refractivity contribution in [2.45, 2.75) is 64.4 Å². The minimum absolute atomic E-state index is 0.171. The van der Waals surface area contributed by atoms with Crippen LogP contribution < -0.4 is 0 Å². The van der Waals surface area contributed by atoms with E-state index in [1.54, 1.807) is 0 Å². The van der Waals surface area contributed by atoms with Crippen molar-refractivity contribution in [3.63, 3.8) is 0 Å². The van der Waals surface area contributed by atoms with E-state index in [-0.39, 0.29) is 5.54 Å². The van der Waals surface area contributed by atoms with Crippen LogP contribution in [0.4, 0.5) is 0 Å². The maximum absolute atomic E-state index is 6.35. The maximum atomic E-state index is 6.35. The minimum atomic E-state index is 0.171. The summed E-state index contributed by atoms with van der Waals surface area (Å²) in [6.45, 7) is 12.6. The molecule has 3 atom stereocenters. The molecule has 0 N–H and O–H groups in total. The molecule has 84 valence electrons. The molecule has 1 aliphatic heterocycles. The Morgan fingerprint density at radius 3 is 2.36 bits per heavy atom. The van der Waals surface area contributed by atoms with Crippen molar-refractivity contribution in [3.8, 4) is 0 Å². The van der Waals surface area contributed by atoms with E-state index >= 15 is 0 Å². The van der Waals surface area contributed by atoms with E-state index in [0.717, 1.165) is 18.9 Å². The normalized spacial score (nSPS) is 31.7. The molecule has 0 amide bonds. The summed E-state index contributed by atoms with van der Waals surface area (Å²) in [4.78, 5) is 2.58. The molecule has 2 heteroatoms. The zero-order chi connectivity index (χ0) is 10.9. The van der Waals surface area contributed by atoms with Crippen molar-refractivity contribution in [2.75, 3.05) is 6.54 Å². The summed E-state index contributed by atoms with van der Waals surface area (Å²) >= 11 is 6.35. The van der Waals surface area contributed by atoms with Crippen LogP contribution in [0.15, 0.2) is 0 Å². The lowest BCUT2D eigenvalue weighted by molar-refractivity contribution is 0.0923. The number of alkyl halides is 1. The second-order valence-electron chi connectivity index (χ2n) is 5.23. The van der Waals surface area contributed by atoms with Gasteiger partial charge in [0.2, 0.25) is 0 Å². The van der Waals surface area contributed by atoms with Crippen molar-refractivity contribution < 1.29 is 0 Å². The van der Waals surface area contributed by atoms with Gasteiger partial charge in [-0.15, -0.1) is 11.6 Å². The Morgan fingerprint density at radius 1 is 1.43 bits per heavy atom. The summed E-state index contributed by atoms with van der Waals surface area (Å²) in [6.07, 6.45) is 2.38. The minimum Gasteiger partial charge on any atom is -0.294 e. The standard InChI is InChI=1S/C12H24ClN/c1-6-9(2)10(3)14-8-7-11(13)12(14,4)5/h9-11H,6-8H2,1-5H3. The molecule has 0 bridgehead atoms. The van der Waals surface area contributed by atoms with Crippen LogP contribution in [0.25, 0.3) is 0 Å². The van der Waals surface area contributed by atoms with Crippen molar-refractivity contribution in [1.29, 1.82) is 0 Å². The number of likely N-dealkylation sites (tertiary alicyclic amines) is 1. The molecular formula is C12H24ClN. The van der Waals surface area contributed by atoms with Crippen molar-refractivity contribution in [3.05, 3.63) is 0 Å². The predicted octanol–water partition coefficient (Wildman–Crippen LogP) is 3.51. The van der Waals surface area contributed by atoms with E-state index in [4.69, 9.17) is 11.6 Å². The highest BCUT2D eigenvalue weighted by atomic mass is 35.5. The van der Waals surface area contributed by atoms with Crippen molar-refractivity contribution >= 4 is 11.6 Å². The van der Waals surface area contributed by atoms with E-state index < -0.39 is 0 Å². The van der Waals surface area contributed by atoms with Gasteiger partial charge >= 0.3 is 0 Å². The van der Waals surface area contributed by atoms with Crippen LogP contribution in [0.1, 0.15) is 47.5 Å². The first kappa shape index (κ1) is 12.3. The second-order valence-corrected chi connectivity index (χ2v) is 5.76. The summed E-state index contributed by atoms with van der Waals surface area (Å²) in [5.41, 5.74) is 0.171. The van der Waals surface area contributed by atoms with E-state index in [9.17, 15) is 0 Å². The van der Waals surface area contributed by atoms with E-state index in [2.05, 4.69) is 39.5 Å². The van der Waals surface area contributed by atoms with Crippen LogP contribution in [0.3, 0.4) is 0 Å². The Bertz CT molecular complexity index is 191. The van der Waals surface area contributed by atoms with Gasteiger partial charge in [-0.05, 0) is 33.1 Å². The number of nitrogens with zero attached hydrogens (tertiary/aromatic N) is 1. The predicted molar refractivity (Wildman–Crippen MR) is 64.0 cm³/mol. The summed E-state index contributed by atoms with van der Waals surface area (Å²) in [6, 6.07) is 0.652. The van der Waals surface area contributed by atoms with Gasteiger partial charge in [-0.3, -0.25) is 4.90 Å². The Morgan fingerprint density at radius 2 is 2.00 bits per heavy atom. The van der Waals surface area contributed by atoms with Gasteiger partial charge in [0.05, 0.1) is 5.38 Å². The molecule has 0 aromatic carbocycles. The van der Waals surface area contributed by atoms with Gasteiger partial charge in [0, 0.05) is 18.1 Å². The molecule has 1 nitrogen and oxygen atoms in total. The van der Waals surface area contributed by atoms with Crippen molar-refractivity contribution in [2.24, 2.45) is 5.92 Å². The summed E-state index contributed by atoms with van der Waals surface area (Å²) in [7, 11) is 0. The highest BCUT2D eigenvalue weighted by Gasteiger charge is 2.42. The van der Waals surface area contributed by atoms with Crippen LogP contribution >= 0.6 is 11.6 Å². The fraction of sp³-hybridized carbons (Fsp3) is 1.00. The highest BCUT2D eigenvalue weighted by Crippen LogP contribution is 2.36. The van der Waals surface area contributed by atoms with Gasteiger partial charge in [0.25, 0.3) is 0 Å². The van der Waals surface area contributed by atoms with E-state index in [1.165, 1.54) is 6.42 Å². The third-order valence-corrected chi connectivity index (χ3v) is 4.84. The molecule has 0 spiro atoms. The maximum Gasteiger partial charge on any atom is 0.0526 e. The second kappa shape index (κ2) is 4.40. The van der Waals surface area contributed by atoms with Crippen LogP contribution in [-0.2, 0) is 0 Å². The first-order valence-corrected chi connectivity index (χ1v) is 6.25. The lowest BCUT2D eigenvalue weighted by Gasteiger charge is -2.40. The topological polar surface area (TPSA) is 3.24 Å². The van der Waals surface area contributed by atoms with Crippen LogP contribution in [0, 0.1) is 5.92 Å². The molecule has 0 saturated carbocycles. The van der Waals surface area contributed by atoms with Crippen LogP contribution in [0.2, 0.25) is 0 Å². The average molecular weight is 218 g/mol. The third kappa shape index (κ3) is 2.09. The molecule has 3 unspecified atom stereocenters. The Labute approximate surface area is 93.8 Å². The van der Waals surface area contributed by atoms with Crippen LogP contribution in [0.5, 0.6) is 0 Å². The quantitative estimate of drug-likeness (QED) is 0.654. The van der Waals surface area contributed by atoms with Gasteiger partial charge < -0.3 is 0 Å². The molecule has 1 heterocycles. The van der Waals surface area contributed by atoms with Gasteiger partial charge in [0.1, 0.15) is 0 Å². The lowest BCUT2D eigenvalue weighted by atomic mass is 9.94. The first-order chi connectivity index (χ1) is 6.41. The highest BCUT2D eigenvalue weighted by molar-refractivity contribution is 6.21. The molecule has 1 fully saturated rings. The lowest BCUT2D eigenvalue weighted by Crippen LogP contribution is -2.49. The fourth-order valence-corrected chi connectivity index (χ4v) is 2.67. The number of hydrogen-bond acceptors (Lipinski definition) is 1. The summed E-state index contributed by atoms with van der Waals surface area (Å²) in [5.74, 6) is 0.760. The molecule has 1 aliphatic rings. The van der Waals surface area contributed by atoms with Gasteiger partial charge in [0.15, 0.2) is 0 Å². The fourth-order valence-electron chi connectivity index (χ4n) is 2.45. The first-order valence-electron chi connectivity index (χ1n) is 5.82. The molecule has 1 rings (SSSR count). The zero-order valence-corrected chi connectivity index (χ0v) is 10.9. The number of hydrogen-bond donors (Lipinski definition) is 0. The molecule has 0 aromatic rings. The molecule has 0 aliphatic carbocycles. The van der Waals surface area contributed by atoms with Crippen LogP contribution in [-0.4, -0.2) is 28.4 Å². The number of rotatable bonds is 3. The number of halogens is 1. The van der Waals surface area contributed by atoms with Gasteiger partial charge in [-0.25, -0.2) is 0 Å². The van der Waals surface area contributed by atoms with E-state index in [1.807, 2.05) is 0 Å². The van der Waals surface area contributed by atoms with E-state index in [0.29, 0.717) is 11.4 Å². The third-order valence-electron chi connectivity index (χ3n) is 4.09. The van der Waals surface area contributed by atoms with Gasteiger partial charge in [-0.1, -0.05) is 20.3 Å². The molecule has 1 saturated heterocycles. The Balaban J connectivity index is 2.69. The largest absolute Gasteiger partial charge is 0.294 e. The average Bonchev–Trinajstić information content (AvgIpc) is 2.40. The zero-order valence-electron chi connectivity index (χ0n) is 10.2. The monoisotopic (exact) mass is 217 g/mol. The van der Waals surface area contributed by atoms with Gasteiger partial charge in [-0.2, -0.15) is 0 Å². The summed E-state index contributed by atoms with van der Waals surface area (Å²) in [5, 5.41) is 0.314. The molecule has 0 radical (unpaired) electrons. The summed E-state index contributed by atoms with van der Waals surface area (Å²) < 4.78 is 0. The van der Waals surface area contributed by atoms with Crippen molar-refractivity contribution in [1.82, 2.24) is 4.90 Å². The molecule has 14 heavy (non-hydrogen) atoms. The Hall–Kier alpha value is 0.250. The molecular weight excluding hydrogens is 194 g/mol. The molecule has 0 aromatic heterocycles. The SMILES string of the molecule is CCC(C)C(C)N1CCC(Cl)C1(C)C.